The van der Waals surface area contributed by atoms with Crippen molar-refractivity contribution in [2.75, 3.05) is 0 Å². The van der Waals surface area contributed by atoms with E-state index in [1.165, 1.54) is 0 Å². The van der Waals surface area contributed by atoms with Gasteiger partial charge < -0.3 is 0 Å². The molecule has 0 saturated heterocycles. The fraction of sp³-hybridized carbons (Fsp3) is 0. The third kappa shape index (κ3) is 1.65. The molecule has 0 spiro atoms. The van der Waals surface area contributed by atoms with E-state index in [0.717, 1.165) is 0 Å². The van der Waals surface area contributed by atoms with Crippen molar-refractivity contribution in [2.45, 2.75) is 0 Å². The van der Waals surface area contributed by atoms with Crippen molar-refractivity contribution >= 4 is 7.26 Å². The number of hydrogen-bond acceptors (Lipinski definition) is 0. The molecule has 0 atom stereocenters. The molecule has 0 nitrogen and oxygen atoms in total. The van der Waals surface area contributed by atoms with E-state index in [0.29, 0.717) is 0 Å². The van der Waals surface area contributed by atoms with Gasteiger partial charge in [0.05, 0.1) is 0 Å². The third-order valence-corrected chi connectivity index (χ3v) is 4.24. The zero-order valence-electron chi connectivity index (χ0n) is 5.64. The summed E-state index contributed by atoms with van der Waals surface area (Å²) < 4.78 is 0. The van der Waals surface area contributed by atoms with Crippen molar-refractivity contribution in [1.29, 1.82) is 0 Å². The Labute approximate surface area is 57.6 Å². The van der Waals surface area contributed by atoms with Crippen LogP contribution in [0.1, 0.15) is 0 Å². The summed E-state index contributed by atoms with van der Waals surface area (Å²) >= 11 is 0. The van der Waals surface area contributed by atoms with Gasteiger partial charge in [0.15, 0.2) is 0 Å². The Morgan fingerprint density at radius 3 is 0.889 bits per heavy atom. The van der Waals surface area contributed by atoms with Gasteiger partial charge in [0.1, 0.15) is 0 Å². The van der Waals surface area contributed by atoms with Crippen LogP contribution in [0.25, 0.3) is 0 Å². The van der Waals surface area contributed by atoms with Crippen LogP contribution in [0.3, 0.4) is 0 Å². The van der Waals surface area contributed by atoms with Gasteiger partial charge in [0.25, 0.3) is 0 Å². The maximum atomic E-state index is 3.69. The molecule has 0 N–H and O–H groups in total. The molecule has 0 aromatic heterocycles. The van der Waals surface area contributed by atoms with Crippen LogP contribution in [0.2, 0.25) is 0 Å². The zero-order valence-corrected chi connectivity index (χ0v) is 6.64. The molecule has 0 aliphatic heterocycles. The molecule has 0 saturated carbocycles. The predicted molar refractivity (Wildman–Crippen MR) is 49.1 cm³/mol. The van der Waals surface area contributed by atoms with E-state index < -0.39 is 7.26 Å². The Morgan fingerprint density at radius 1 is 0.667 bits per heavy atom. The van der Waals surface area contributed by atoms with Crippen LogP contribution >= 0.6 is 7.26 Å². The van der Waals surface area contributed by atoms with Crippen LogP contribution in [0, 0.1) is 0 Å². The second kappa shape index (κ2) is 3.42. The van der Waals surface area contributed by atoms with Crippen molar-refractivity contribution in [3.63, 3.8) is 0 Å². The second-order valence-electron chi connectivity index (χ2n) is 1.82. The third-order valence-electron chi connectivity index (χ3n) is 1.41. The quantitative estimate of drug-likeness (QED) is 0.525. The fourth-order valence-corrected chi connectivity index (χ4v) is 1.50. The van der Waals surface area contributed by atoms with Gasteiger partial charge in [0.2, 0.25) is 0 Å². The van der Waals surface area contributed by atoms with Crippen LogP contribution in [0.5, 0.6) is 0 Å². The molecule has 50 valence electrons. The van der Waals surface area contributed by atoms with E-state index in [2.05, 4.69) is 26.3 Å². The molecule has 9 heavy (non-hydrogen) atoms. The summed E-state index contributed by atoms with van der Waals surface area (Å²) in [5, 5.41) is 0. The molecule has 1 heteroatoms. The molecule has 0 heterocycles. The van der Waals surface area contributed by atoms with Crippen LogP contribution < -0.4 is 0 Å². The normalized spacial score (nSPS) is 11.6. The standard InChI is InChI=1S/C8H13P/c1-5-9(6-2,7-3)8-4/h5-9H,1-4H2. The zero-order chi connectivity index (χ0) is 7.33. The fourth-order valence-electron chi connectivity index (χ4n) is 0.500. The molecule has 0 aliphatic rings. The van der Waals surface area contributed by atoms with Crippen LogP contribution in [-0.2, 0) is 0 Å². The van der Waals surface area contributed by atoms with E-state index in [1.807, 2.05) is 23.3 Å². The van der Waals surface area contributed by atoms with Crippen molar-refractivity contribution in [2.24, 2.45) is 0 Å². The van der Waals surface area contributed by atoms with Crippen LogP contribution in [-0.4, -0.2) is 0 Å². The molecular weight excluding hydrogens is 127 g/mol. The summed E-state index contributed by atoms with van der Waals surface area (Å²) in [6.07, 6.45) is 0. The summed E-state index contributed by atoms with van der Waals surface area (Å²) in [6, 6.07) is 0. The average molecular weight is 140 g/mol. The van der Waals surface area contributed by atoms with Gasteiger partial charge in [-0.25, -0.2) is 0 Å². The van der Waals surface area contributed by atoms with Gasteiger partial charge >= 0.3 is 56.8 Å². The van der Waals surface area contributed by atoms with Crippen LogP contribution in [0.15, 0.2) is 49.6 Å². The summed E-state index contributed by atoms with van der Waals surface area (Å²) in [7, 11) is -1.64. The molecule has 0 fully saturated rings. The molecule has 0 aromatic rings. The SMILES string of the molecule is C=C[PH](C=C)(C=C)C=C. The first-order valence-electron chi connectivity index (χ1n) is 2.79. The average Bonchev–Trinajstić information content (AvgIpc) is 1.95. The molecule has 0 radical (unpaired) electrons. The van der Waals surface area contributed by atoms with Gasteiger partial charge in [-0.3, -0.25) is 0 Å². The maximum absolute atomic E-state index is 3.69. The topological polar surface area (TPSA) is 0 Å². The van der Waals surface area contributed by atoms with Gasteiger partial charge in [-0.2, -0.15) is 0 Å². The predicted octanol–water partition coefficient (Wildman–Crippen LogP) is 3.31. The number of hydrogen-bond donors (Lipinski definition) is 0. The minimum atomic E-state index is -1.64. The summed E-state index contributed by atoms with van der Waals surface area (Å²) in [6.45, 7) is 14.8. The Bertz CT molecular complexity index is 107. The molecule has 0 aromatic carbocycles. The Kier molecular flexibility index (Phi) is 3.19. The van der Waals surface area contributed by atoms with Gasteiger partial charge in [-0.05, 0) is 0 Å². The first-order chi connectivity index (χ1) is 4.24. The van der Waals surface area contributed by atoms with Crippen molar-refractivity contribution in [1.82, 2.24) is 0 Å². The molecular formula is C8H13P. The Morgan fingerprint density at radius 2 is 0.889 bits per heavy atom. The Balaban J connectivity index is 4.53. The summed E-state index contributed by atoms with van der Waals surface area (Å²) in [5.41, 5.74) is 0. The van der Waals surface area contributed by atoms with E-state index in [4.69, 9.17) is 0 Å². The molecule has 0 bridgehead atoms. The van der Waals surface area contributed by atoms with E-state index in [9.17, 15) is 0 Å². The van der Waals surface area contributed by atoms with Crippen LogP contribution in [0.4, 0.5) is 0 Å². The first-order valence-corrected chi connectivity index (χ1v) is 5.10. The summed E-state index contributed by atoms with van der Waals surface area (Å²) in [5.74, 6) is 7.56. The van der Waals surface area contributed by atoms with E-state index >= 15 is 0 Å². The molecule has 0 rings (SSSR count). The van der Waals surface area contributed by atoms with Crippen molar-refractivity contribution in [3.8, 4) is 0 Å². The van der Waals surface area contributed by atoms with E-state index in [-0.39, 0.29) is 0 Å². The number of rotatable bonds is 4. The van der Waals surface area contributed by atoms with Gasteiger partial charge in [-0.1, -0.05) is 0 Å². The Hall–Kier alpha value is -0.610. The minimum absolute atomic E-state index is 1.64. The molecule has 0 aliphatic carbocycles. The first kappa shape index (κ1) is 8.39. The van der Waals surface area contributed by atoms with Gasteiger partial charge in [0, 0.05) is 0 Å². The van der Waals surface area contributed by atoms with Gasteiger partial charge in [-0.15, -0.1) is 0 Å². The molecule has 0 amide bonds. The summed E-state index contributed by atoms with van der Waals surface area (Å²) in [4.78, 5) is 0. The van der Waals surface area contributed by atoms with E-state index in [1.54, 1.807) is 0 Å². The monoisotopic (exact) mass is 140 g/mol. The van der Waals surface area contributed by atoms with Crippen molar-refractivity contribution in [3.05, 3.63) is 49.6 Å². The molecule has 0 unspecified atom stereocenters. The second-order valence-corrected chi connectivity index (χ2v) is 5.45. The van der Waals surface area contributed by atoms with Crippen molar-refractivity contribution < 1.29 is 0 Å².